The predicted molar refractivity (Wildman–Crippen MR) is 81.3 cm³/mol. The molecule has 4 N–H and O–H groups in total. The zero-order valence-corrected chi connectivity index (χ0v) is 13.0. The van der Waals surface area contributed by atoms with E-state index in [0.29, 0.717) is 19.0 Å². The minimum absolute atomic E-state index is 0.125. The molecule has 6 nitrogen and oxygen atoms in total. The van der Waals surface area contributed by atoms with Gasteiger partial charge in [0.15, 0.2) is 0 Å². The third-order valence-electron chi connectivity index (χ3n) is 4.91. The van der Waals surface area contributed by atoms with E-state index in [1.807, 2.05) is 0 Å². The molecular formula is C15H28N4O2. The first-order valence-electron chi connectivity index (χ1n) is 8.02. The number of hydrogen-bond donors (Lipinski definition) is 2. The average Bonchev–Trinajstić information content (AvgIpc) is 2.48. The van der Waals surface area contributed by atoms with Crippen LogP contribution in [0.5, 0.6) is 0 Å². The molecule has 2 rings (SSSR count). The molecule has 2 aliphatic heterocycles. The van der Waals surface area contributed by atoms with Crippen LogP contribution < -0.4 is 11.5 Å². The fourth-order valence-corrected chi connectivity index (χ4v) is 3.36. The molecule has 2 amide bonds. The number of likely N-dealkylation sites (tertiary alicyclic amines) is 2. The molecular weight excluding hydrogens is 268 g/mol. The Labute approximate surface area is 126 Å². The van der Waals surface area contributed by atoms with E-state index in [0.717, 1.165) is 45.3 Å². The van der Waals surface area contributed by atoms with E-state index < -0.39 is 0 Å². The van der Waals surface area contributed by atoms with Gasteiger partial charge in [0.2, 0.25) is 11.8 Å². The van der Waals surface area contributed by atoms with Crippen molar-refractivity contribution in [1.82, 2.24) is 9.80 Å². The molecule has 0 radical (unpaired) electrons. The molecule has 2 heterocycles. The average molecular weight is 296 g/mol. The van der Waals surface area contributed by atoms with Gasteiger partial charge in [-0.05, 0) is 51.6 Å². The quantitative estimate of drug-likeness (QED) is 0.749. The number of nitrogens with two attached hydrogens (primary N) is 2. The molecule has 2 saturated heterocycles. The summed E-state index contributed by atoms with van der Waals surface area (Å²) in [6.07, 6.45) is 3.80. The van der Waals surface area contributed by atoms with Crippen molar-refractivity contribution in [2.24, 2.45) is 23.3 Å². The lowest BCUT2D eigenvalue weighted by atomic mass is 9.91. The van der Waals surface area contributed by atoms with Crippen LogP contribution in [0.4, 0.5) is 0 Å². The zero-order chi connectivity index (χ0) is 15.4. The van der Waals surface area contributed by atoms with Gasteiger partial charge in [0.05, 0.1) is 12.5 Å². The van der Waals surface area contributed by atoms with Crippen LogP contribution in [0, 0.1) is 11.8 Å². The Morgan fingerprint density at radius 3 is 2.43 bits per heavy atom. The Kier molecular flexibility index (Phi) is 5.58. The monoisotopic (exact) mass is 296 g/mol. The Hall–Kier alpha value is -1.14. The van der Waals surface area contributed by atoms with E-state index in [9.17, 15) is 9.59 Å². The van der Waals surface area contributed by atoms with Crippen LogP contribution in [0.2, 0.25) is 0 Å². The molecule has 0 bridgehead atoms. The molecule has 0 aliphatic carbocycles. The molecule has 120 valence electrons. The van der Waals surface area contributed by atoms with Crippen LogP contribution in [-0.4, -0.2) is 60.4 Å². The summed E-state index contributed by atoms with van der Waals surface area (Å²) >= 11 is 0. The third kappa shape index (κ3) is 4.41. The molecule has 2 unspecified atom stereocenters. The van der Waals surface area contributed by atoms with Gasteiger partial charge in [-0.2, -0.15) is 0 Å². The number of amides is 2. The summed E-state index contributed by atoms with van der Waals surface area (Å²) in [7, 11) is 0. The lowest BCUT2D eigenvalue weighted by molar-refractivity contribution is -0.136. The lowest BCUT2D eigenvalue weighted by Crippen LogP contribution is -2.49. The molecule has 2 aliphatic rings. The standard InChI is InChI=1S/C15H28N4O2/c1-11(16)12-4-7-18(8-5-12)10-14(20)19-6-2-3-13(9-19)15(17)21/h11-13H,2-10,16H2,1H3,(H2,17,21). The van der Waals surface area contributed by atoms with Crippen molar-refractivity contribution in [2.75, 3.05) is 32.7 Å². The van der Waals surface area contributed by atoms with Crippen molar-refractivity contribution in [2.45, 2.75) is 38.6 Å². The van der Waals surface area contributed by atoms with E-state index in [1.165, 1.54) is 0 Å². The summed E-state index contributed by atoms with van der Waals surface area (Å²) in [5, 5.41) is 0. The number of primary amides is 1. The molecule has 2 fully saturated rings. The zero-order valence-electron chi connectivity index (χ0n) is 13.0. The van der Waals surface area contributed by atoms with E-state index in [4.69, 9.17) is 11.5 Å². The van der Waals surface area contributed by atoms with Gasteiger partial charge in [-0.25, -0.2) is 0 Å². The Bertz CT molecular complexity index is 378. The first-order chi connectivity index (χ1) is 9.97. The number of carbonyl (C=O) groups is 2. The summed E-state index contributed by atoms with van der Waals surface area (Å²) in [6, 6.07) is 0.237. The summed E-state index contributed by atoms with van der Waals surface area (Å²) in [5.41, 5.74) is 11.3. The molecule has 0 aromatic carbocycles. The number of nitrogens with zero attached hydrogens (tertiary/aromatic N) is 2. The van der Waals surface area contributed by atoms with Crippen LogP contribution >= 0.6 is 0 Å². The van der Waals surface area contributed by atoms with Crippen LogP contribution in [0.1, 0.15) is 32.6 Å². The van der Waals surface area contributed by atoms with E-state index in [2.05, 4.69) is 11.8 Å². The first-order valence-corrected chi connectivity index (χ1v) is 8.02. The van der Waals surface area contributed by atoms with Gasteiger partial charge < -0.3 is 16.4 Å². The predicted octanol–water partition coefficient (Wildman–Crippen LogP) is -0.230. The highest BCUT2D eigenvalue weighted by molar-refractivity contribution is 5.81. The van der Waals surface area contributed by atoms with Crippen LogP contribution in [-0.2, 0) is 9.59 Å². The van der Waals surface area contributed by atoms with Crippen LogP contribution in [0.3, 0.4) is 0 Å². The van der Waals surface area contributed by atoms with Crippen molar-refractivity contribution >= 4 is 11.8 Å². The van der Waals surface area contributed by atoms with Gasteiger partial charge in [-0.3, -0.25) is 14.5 Å². The second-order valence-electron chi connectivity index (χ2n) is 6.55. The second kappa shape index (κ2) is 7.22. The molecule has 6 heteroatoms. The van der Waals surface area contributed by atoms with Gasteiger partial charge in [-0.1, -0.05) is 0 Å². The molecule has 2 atom stereocenters. The number of carbonyl (C=O) groups excluding carboxylic acids is 2. The van der Waals surface area contributed by atoms with Crippen LogP contribution in [0.15, 0.2) is 0 Å². The summed E-state index contributed by atoms with van der Waals surface area (Å²) in [4.78, 5) is 27.6. The van der Waals surface area contributed by atoms with Gasteiger partial charge in [0, 0.05) is 19.1 Å². The molecule has 0 aromatic rings. The van der Waals surface area contributed by atoms with Crippen molar-refractivity contribution < 1.29 is 9.59 Å². The van der Waals surface area contributed by atoms with E-state index in [-0.39, 0.29) is 23.8 Å². The number of piperidine rings is 2. The summed E-state index contributed by atoms with van der Waals surface area (Å²) < 4.78 is 0. The first kappa shape index (κ1) is 16.2. The fourth-order valence-electron chi connectivity index (χ4n) is 3.36. The van der Waals surface area contributed by atoms with Crippen molar-refractivity contribution in [3.05, 3.63) is 0 Å². The second-order valence-corrected chi connectivity index (χ2v) is 6.55. The van der Waals surface area contributed by atoms with E-state index >= 15 is 0 Å². The Morgan fingerprint density at radius 1 is 1.19 bits per heavy atom. The minimum atomic E-state index is -0.287. The molecule has 0 aromatic heterocycles. The third-order valence-corrected chi connectivity index (χ3v) is 4.91. The topological polar surface area (TPSA) is 92.7 Å². The maximum atomic E-state index is 12.4. The summed E-state index contributed by atoms with van der Waals surface area (Å²) in [5.74, 6) is 0.238. The Balaban J connectivity index is 1.78. The molecule has 0 saturated carbocycles. The molecule has 21 heavy (non-hydrogen) atoms. The lowest BCUT2D eigenvalue weighted by Gasteiger charge is -2.36. The molecule has 0 spiro atoms. The van der Waals surface area contributed by atoms with Crippen LogP contribution in [0.25, 0.3) is 0 Å². The Morgan fingerprint density at radius 2 is 1.86 bits per heavy atom. The van der Waals surface area contributed by atoms with Gasteiger partial charge in [0.1, 0.15) is 0 Å². The number of rotatable bonds is 4. The largest absolute Gasteiger partial charge is 0.369 e. The number of hydrogen-bond acceptors (Lipinski definition) is 4. The highest BCUT2D eigenvalue weighted by atomic mass is 16.2. The van der Waals surface area contributed by atoms with Crippen molar-refractivity contribution in [3.63, 3.8) is 0 Å². The minimum Gasteiger partial charge on any atom is -0.369 e. The highest BCUT2D eigenvalue weighted by Crippen LogP contribution is 2.20. The van der Waals surface area contributed by atoms with Crippen molar-refractivity contribution in [1.29, 1.82) is 0 Å². The SMILES string of the molecule is CC(N)C1CCN(CC(=O)N2CCCC(C(N)=O)C2)CC1. The van der Waals surface area contributed by atoms with Gasteiger partial charge in [0.25, 0.3) is 0 Å². The smallest absolute Gasteiger partial charge is 0.236 e. The summed E-state index contributed by atoms with van der Waals surface area (Å²) in [6.45, 7) is 5.62. The fraction of sp³-hybridized carbons (Fsp3) is 0.867. The van der Waals surface area contributed by atoms with Crippen molar-refractivity contribution in [3.8, 4) is 0 Å². The van der Waals surface area contributed by atoms with Gasteiger partial charge in [-0.15, -0.1) is 0 Å². The normalized spacial score (nSPS) is 26.6. The highest BCUT2D eigenvalue weighted by Gasteiger charge is 2.29. The maximum absolute atomic E-state index is 12.4. The maximum Gasteiger partial charge on any atom is 0.236 e. The van der Waals surface area contributed by atoms with Gasteiger partial charge >= 0.3 is 0 Å². The van der Waals surface area contributed by atoms with E-state index in [1.54, 1.807) is 4.90 Å².